The minimum atomic E-state index is -0.00638. The van der Waals surface area contributed by atoms with Crippen LogP contribution in [0.2, 0.25) is 0 Å². The van der Waals surface area contributed by atoms with E-state index in [1.165, 1.54) is 0 Å². The second-order valence-corrected chi connectivity index (χ2v) is 6.76. The highest BCUT2D eigenvalue weighted by Gasteiger charge is 2.21. The van der Waals surface area contributed by atoms with Crippen LogP contribution in [0, 0.1) is 0 Å². The molecule has 29 heavy (non-hydrogen) atoms. The molecular weight excluding hydrogens is 368 g/mol. The van der Waals surface area contributed by atoms with Gasteiger partial charge in [-0.2, -0.15) is 0 Å². The van der Waals surface area contributed by atoms with Crippen molar-refractivity contribution >= 4 is 17.3 Å². The van der Waals surface area contributed by atoms with Crippen molar-refractivity contribution in [3.05, 3.63) is 48.0 Å². The standard InChI is InChI=1S/C23H28N2O4/c1-4-29-19-11-9-18(10-12-19)25(23-7-5-6-14-24-23)16-20(26)17-8-13-21(27-2)22(15-17)28-3/h8-13,15H,4-7,14,16H2,1-3H3. The van der Waals surface area contributed by atoms with E-state index in [9.17, 15) is 4.79 Å². The van der Waals surface area contributed by atoms with Crippen LogP contribution < -0.4 is 19.1 Å². The summed E-state index contributed by atoms with van der Waals surface area (Å²) in [7, 11) is 3.14. The van der Waals surface area contributed by atoms with Gasteiger partial charge in [-0.25, -0.2) is 0 Å². The third-order valence-corrected chi connectivity index (χ3v) is 4.88. The van der Waals surface area contributed by atoms with Gasteiger partial charge in [0.25, 0.3) is 0 Å². The summed E-state index contributed by atoms with van der Waals surface area (Å²) in [6.07, 6.45) is 3.04. The molecule has 1 heterocycles. The van der Waals surface area contributed by atoms with Gasteiger partial charge in [0.1, 0.15) is 11.6 Å². The molecule has 1 aliphatic heterocycles. The lowest BCUT2D eigenvalue weighted by Gasteiger charge is -2.28. The fraction of sp³-hybridized carbons (Fsp3) is 0.391. The molecule has 0 bridgehead atoms. The molecule has 3 rings (SSSR count). The molecule has 2 aromatic carbocycles. The Balaban J connectivity index is 1.86. The summed E-state index contributed by atoms with van der Waals surface area (Å²) < 4.78 is 16.2. The lowest BCUT2D eigenvalue weighted by molar-refractivity contribution is 0.100. The zero-order valence-corrected chi connectivity index (χ0v) is 17.3. The highest BCUT2D eigenvalue weighted by molar-refractivity contribution is 6.07. The molecule has 0 radical (unpaired) electrons. The monoisotopic (exact) mass is 396 g/mol. The predicted molar refractivity (Wildman–Crippen MR) is 115 cm³/mol. The molecule has 0 aliphatic carbocycles. The summed E-state index contributed by atoms with van der Waals surface area (Å²) in [5.74, 6) is 2.90. The average Bonchev–Trinajstić information content (AvgIpc) is 2.78. The van der Waals surface area contributed by atoms with Gasteiger partial charge in [0.2, 0.25) is 0 Å². The van der Waals surface area contributed by atoms with E-state index in [1.54, 1.807) is 32.4 Å². The Morgan fingerprint density at radius 2 is 1.79 bits per heavy atom. The number of aliphatic imine (C=N–C) groups is 1. The number of rotatable bonds is 8. The van der Waals surface area contributed by atoms with Crippen molar-refractivity contribution in [3.63, 3.8) is 0 Å². The lowest BCUT2D eigenvalue weighted by atomic mass is 10.1. The van der Waals surface area contributed by atoms with Crippen LogP contribution in [0.15, 0.2) is 47.5 Å². The van der Waals surface area contributed by atoms with E-state index in [1.807, 2.05) is 36.1 Å². The van der Waals surface area contributed by atoms with Crippen molar-refractivity contribution in [1.82, 2.24) is 0 Å². The van der Waals surface area contributed by atoms with Crippen LogP contribution in [0.3, 0.4) is 0 Å². The Morgan fingerprint density at radius 3 is 2.41 bits per heavy atom. The van der Waals surface area contributed by atoms with Crippen LogP contribution in [0.1, 0.15) is 36.5 Å². The molecule has 0 amide bonds. The SMILES string of the molecule is CCOc1ccc(N(CC(=O)c2ccc(OC)c(OC)c2)C2=NCCCC2)cc1. The fourth-order valence-corrected chi connectivity index (χ4v) is 3.37. The van der Waals surface area contributed by atoms with E-state index in [-0.39, 0.29) is 12.3 Å². The molecule has 0 aromatic heterocycles. The largest absolute Gasteiger partial charge is 0.494 e. The summed E-state index contributed by atoms with van der Waals surface area (Å²) in [5.41, 5.74) is 1.51. The number of nitrogens with zero attached hydrogens (tertiary/aromatic N) is 2. The van der Waals surface area contributed by atoms with Gasteiger partial charge in [-0.1, -0.05) is 0 Å². The first-order valence-corrected chi connectivity index (χ1v) is 9.95. The normalized spacial score (nSPS) is 13.4. The third-order valence-electron chi connectivity index (χ3n) is 4.88. The molecule has 0 fully saturated rings. The smallest absolute Gasteiger partial charge is 0.182 e. The second kappa shape index (κ2) is 9.96. The number of hydrogen-bond donors (Lipinski definition) is 0. The minimum Gasteiger partial charge on any atom is -0.494 e. The second-order valence-electron chi connectivity index (χ2n) is 6.76. The van der Waals surface area contributed by atoms with Crippen LogP contribution in [0.4, 0.5) is 5.69 Å². The minimum absolute atomic E-state index is 0.00638. The molecule has 1 aliphatic rings. The van der Waals surface area contributed by atoms with E-state index in [0.29, 0.717) is 23.7 Å². The maximum absolute atomic E-state index is 13.1. The molecule has 0 atom stereocenters. The molecule has 2 aromatic rings. The van der Waals surface area contributed by atoms with Gasteiger partial charge < -0.3 is 19.1 Å². The van der Waals surface area contributed by atoms with Crippen molar-refractivity contribution in [2.75, 3.05) is 38.8 Å². The Kier molecular flexibility index (Phi) is 7.11. The maximum atomic E-state index is 13.1. The Labute approximate surface area is 172 Å². The summed E-state index contributed by atoms with van der Waals surface area (Å²) in [5, 5.41) is 0. The molecule has 6 nitrogen and oxygen atoms in total. The number of methoxy groups -OCH3 is 2. The predicted octanol–water partition coefficient (Wildman–Crippen LogP) is 4.37. The van der Waals surface area contributed by atoms with Crippen molar-refractivity contribution in [2.45, 2.75) is 26.2 Å². The average molecular weight is 396 g/mol. The summed E-state index contributed by atoms with van der Waals surface area (Å²) in [6.45, 7) is 3.59. The van der Waals surface area contributed by atoms with Crippen LogP contribution in [0.25, 0.3) is 0 Å². The number of anilines is 1. The van der Waals surface area contributed by atoms with Crippen molar-refractivity contribution in [1.29, 1.82) is 0 Å². The Morgan fingerprint density at radius 1 is 1.03 bits per heavy atom. The number of carbonyl (C=O) groups excluding carboxylic acids is 1. The quantitative estimate of drug-likeness (QED) is 0.620. The van der Waals surface area contributed by atoms with E-state index < -0.39 is 0 Å². The van der Waals surface area contributed by atoms with E-state index in [0.717, 1.165) is 43.1 Å². The van der Waals surface area contributed by atoms with E-state index in [2.05, 4.69) is 4.99 Å². The van der Waals surface area contributed by atoms with Crippen molar-refractivity contribution < 1.29 is 19.0 Å². The molecule has 0 spiro atoms. The van der Waals surface area contributed by atoms with Gasteiger partial charge in [0.05, 0.1) is 27.4 Å². The van der Waals surface area contributed by atoms with Gasteiger partial charge in [-0.3, -0.25) is 9.79 Å². The first kappa shape index (κ1) is 20.7. The number of amidine groups is 1. The number of carbonyl (C=O) groups is 1. The molecule has 6 heteroatoms. The Hall–Kier alpha value is -3.02. The fourth-order valence-electron chi connectivity index (χ4n) is 3.37. The van der Waals surface area contributed by atoms with E-state index in [4.69, 9.17) is 14.2 Å². The number of ketones is 1. The van der Waals surface area contributed by atoms with E-state index >= 15 is 0 Å². The molecule has 0 saturated carbocycles. The number of ether oxygens (including phenoxy) is 3. The molecule has 154 valence electrons. The van der Waals surface area contributed by atoms with Gasteiger partial charge in [-0.05, 0) is 62.2 Å². The van der Waals surface area contributed by atoms with Crippen LogP contribution in [-0.2, 0) is 0 Å². The van der Waals surface area contributed by atoms with Gasteiger partial charge in [0, 0.05) is 24.2 Å². The third kappa shape index (κ3) is 5.08. The van der Waals surface area contributed by atoms with Crippen LogP contribution >= 0.6 is 0 Å². The van der Waals surface area contributed by atoms with Crippen LogP contribution in [0.5, 0.6) is 17.2 Å². The first-order chi connectivity index (χ1) is 14.2. The summed E-state index contributed by atoms with van der Waals surface area (Å²) >= 11 is 0. The first-order valence-electron chi connectivity index (χ1n) is 9.95. The van der Waals surface area contributed by atoms with Crippen LogP contribution in [-0.4, -0.2) is 45.5 Å². The van der Waals surface area contributed by atoms with Gasteiger partial charge >= 0.3 is 0 Å². The molecule has 0 N–H and O–H groups in total. The maximum Gasteiger partial charge on any atom is 0.182 e. The molecular formula is C23H28N2O4. The highest BCUT2D eigenvalue weighted by Crippen LogP contribution is 2.28. The number of hydrogen-bond acceptors (Lipinski definition) is 6. The zero-order chi connectivity index (χ0) is 20.6. The Bertz CT molecular complexity index is 862. The highest BCUT2D eigenvalue weighted by atomic mass is 16.5. The van der Waals surface area contributed by atoms with Gasteiger partial charge in [-0.15, -0.1) is 0 Å². The van der Waals surface area contributed by atoms with Crippen molar-refractivity contribution in [2.24, 2.45) is 4.99 Å². The summed E-state index contributed by atoms with van der Waals surface area (Å²) in [4.78, 5) is 19.8. The van der Waals surface area contributed by atoms with Crippen molar-refractivity contribution in [3.8, 4) is 17.2 Å². The lowest BCUT2D eigenvalue weighted by Crippen LogP contribution is -2.37. The molecule has 0 saturated heterocycles. The van der Waals surface area contributed by atoms with Gasteiger partial charge in [0.15, 0.2) is 17.3 Å². The number of Topliss-reactive ketones (excluding diaryl/α,β-unsaturated/α-hetero) is 1. The topological polar surface area (TPSA) is 60.4 Å². The summed E-state index contributed by atoms with van der Waals surface area (Å²) in [6, 6.07) is 13.1. The zero-order valence-electron chi connectivity index (χ0n) is 17.3. The number of benzene rings is 2. The molecule has 0 unspecified atom stereocenters.